The molecule has 368 valence electrons. The van der Waals surface area contributed by atoms with E-state index in [1.807, 2.05) is 0 Å². The predicted octanol–water partition coefficient (Wildman–Crippen LogP) is 18.4. The van der Waals surface area contributed by atoms with Gasteiger partial charge < -0.3 is 14.2 Å². The number of hydrogen-bond acceptors (Lipinski definition) is 6. The molecule has 0 bridgehead atoms. The maximum atomic E-state index is 12.8. The van der Waals surface area contributed by atoms with Gasteiger partial charge in [-0.15, -0.1) is 0 Å². The normalized spacial score (nSPS) is 11.9. The van der Waals surface area contributed by atoms with Crippen LogP contribution < -0.4 is 0 Å². The highest BCUT2D eigenvalue weighted by atomic mass is 16.6. The van der Waals surface area contributed by atoms with Gasteiger partial charge in [0.15, 0.2) is 6.10 Å². The Bertz CT molecular complexity index is 920. The summed E-state index contributed by atoms with van der Waals surface area (Å²) < 4.78 is 16.9. The average molecular weight is 877 g/mol. The highest BCUT2D eigenvalue weighted by molar-refractivity contribution is 5.71. The first-order chi connectivity index (χ1) is 30.5. The average Bonchev–Trinajstić information content (AvgIpc) is 3.27. The zero-order valence-electron chi connectivity index (χ0n) is 42.2. The van der Waals surface area contributed by atoms with Crippen LogP contribution in [-0.2, 0) is 28.6 Å². The van der Waals surface area contributed by atoms with Gasteiger partial charge in [0.1, 0.15) is 13.2 Å². The third-order valence-electron chi connectivity index (χ3n) is 12.9. The fraction of sp³-hybridized carbons (Fsp3) is 0.946. The monoisotopic (exact) mass is 877 g/mol. The van der Waals surface area contributed by atoms with Gasteiger partial charge in [-0.05, 0) is 19.3 Å². The van der Waals surface area contributed by atoms with E-state index < -0.39 is 6.10 Å². The molecule has 0 saturated heterocycles. The molecule has 0 rings (SSSR count). The fourth-order valence-corrected chi connectivity index (χ4v) is 8.62. The van der Waals surface area contributed by atoms with Crippen molar-refractivity contribution < 1.29 is 28.6 Å². The van der Waals surface area contributed by atoms with Crippen LogP contribution in [-0.4, -0.2) is 37.2 Å². The SMILES string of the molecule is CCCCCCCCCCCCCCCCCCCCC(=O)OC[C@H](COC(=O)CCCCCCCCCCCCCCCC)OC(=O)CCCCCCCCCCCCCC. The summed E-state index contributed by atoms with van der Waals surface area (Å²) in [6.07, 6.45) is 56.6. The topological polar surface area (TPSA) is 78.9 Å². The Morgan fingerprint density at radius 1 is 0.258 bits per heavy atom. The molecule has 0 saturated carbocycles. The van der Waals surface area contributed by atoms with Crippen LogP contribution >= 0.6 is 0 Å². The molecule has 6 nitrogen and oxygen atoms in total. The van der Waals surface area contributed by atoms with Crippen molar-refractivity contribution in [3.63, 3.8) is 0 Å². The standard InChI is InChI=1S/C56H108O6/c1-4-7-10-13-16-19-22-25-27-28-29-30-32-35-37-40-43-46-49-55(58)61-52-53(62-56(59)50-47-44-41-38-33-24-21-18-15-12-9-6-3)51-60-54(57)48-45-42-39-36-34-31-26-23-20-17-14-11-8-5-2/h53H,4-52H2,1-3H3/t53-/m0/s1. The molecule has 0 amide bonds. The van der Waals surface area contributed by atoms with Gasteiger partial charge >= 0.3 is 17.9 Å². The Morgan fingerprint density at radius 3 is 0.645 bits per heavy atom. The molecule has 0 aromatic carbocycles. The highest BCUT2D eigenvalue weighted by Crippen LogP contribution is 2.17. The van der Waals surface area contributed by atoms with Crippen molar-refractivity contribution in [3.05, 3.63) is 0 Å². The third kappa shape index (κ3) is 49.4. The van der Waals surface area contributed by atoms with Crippen LogP contribution in [0.1, 0.15) is 323 Å². The molecule has 0 aliphatic heterocycles. The van der Waals surface area contributed by atoms with Gasteiger partial charge in [-0.2, -0.15) is 0 Å². The van der Waals surface area contributed by atoms with Crippen molar-refractivity contribution >= 4 is 17.9 Å². The molecule has 0 radical (unpaired) electrons. The number of rotatable bonds is 52. The minimum Gasteiger partial charge on any atom is -0.462 e. The fourth-order valence-electron chi connectivity index (χ4n) is 8.62. The van der Waals surface area contributed by atoms with Crippen LogP contribution in [0.25, 0.3) is 0 Å². The molecule has 0 aromatic heterocycles. The first kappa shape index (κ1) is 60.4. The van der Waals surface area contributed by atoms with Crippen LogP contribution in [0.15, 0.2) is 0 Å². The summed E-state index contributed by atoms with van der Waals surface area (Å²) in [5.41, 5.74) is 0. The van der Waals surface area contributed by atoms with Gasteiger partial charge in [-0.3, -0.25) is 14.4 Å². The molecule has 0 heterocycles. The summed E-state index contributed by atoms with van der Waals surface area (Å²) >= 11 is 0. The highest BCUT2D eigenvalue weighted by Gasteiger charge is 2.19. The minimum atomic E-state index is -0.760. The smallest absolute Gasteiger partial charge is 0.306 e. The van der Waals surface area contributed by atoms with Gasteiger partial charge in [-0.1, -0.05) is 284 Å². The zero-order chi connectivity index (χ0) is 45.1. The number of unbranched alkanes of at least 4 members (excludes halogenated alkanes) is 41. The summed E-state index contributed by atoms with van der Waals surface area (Å²) in [6, 6.07) is 0. The van der Waals surface area contributed by atoms with E-state index in [9.17, 15) is 14.4 Å². The lowest BCUT2D eigenvalue weighted by Gasteiger charge is -2.18. The minimum absolute atomic E-state index is 0.0613. The Morgan fingerprint density at radius 2 is 0.435 bits per heavy atom. The van der Waals surface area contributed by atoms with Gasteiger partial charge in [0.25, 0.3) is 0 Å². The summed E-state index contributed by atoms with van der Waals surface area (Å²) in [5.74, 6) is -0.835. The Hall–Kier alpha value is -1.59. The molecular formula is C56H108O6. The molecule has 0 N–H and O–H groups in total. The first-order valence-corrected chi connectivity index (χ1v) is 28.0. The van der Waals surface area contributed by atoms with Crippen molar-refractivity contribution in [2.24, 2.45) is 0 Å². The first-order valence-electron chi connectivity index (χ1n) is 28.0. The van der Waals surface area contributed by atoms with E-state index in [-0.39, 0.29) is 31.1 Å². The summed E-state index contributed by atoms with van der Waals surface area (Å²) in [4.78, 5) is 38.0. The molecule has 0 fully saturated rings. The number of carbonyl (C=O) groups is 3. The Labute approximate surface area is 387 Å². The summed E-state index contributed by atoms with van der Waals surface area (Å²) in [5, 5.41) is 0. The van der Waals surface area contributed by atoms with Crippen LogP contribution in [0.5, 0.6) is 0 Å². The van der Waals surface area contributed by atoms with Gasteiger partial charge in [-0.25, -0.2) is 0 Å². The molecule has 0 aromatic rings. The van der Waals surface area contributed by atoms with Crippen molar-refractivity contribution in [1.29, 1.82) is 0 Å². The number of hydrogen-bond donors (Lipinski definition) is 0. The largest absolute Gasteiger partial charge is 0.462 e. The van der Waals surface area contributed by atoms with E-state index in [0.29, 0.717) is 19.3 Å². The van der Waals surface area contributed by atoms with E-state index in [2.05, 4.69) is 20.8 Å². The van der Waals surface area contributed by atoms with E-state index in [1.165, 1.54) is 225 Å². The van der Waals surface area contributed by atoms with Gasteiger partial charge in [0.2, 0.25) is 0 Å². The lowest BCUT2D eigenvalue weighted by atomic mass is 10.0. The van der Waals surface area contributed by atoms with E-state index in [0.717, 1.165) is 57.8 Å². The van der Waals surface area contributed by atoms with Crippen molar-refractivity contribution in [3.8, 4) is 0 Å². The van der Waals surface area contributed by atoms with E-state index in [1.54, 1.807) is 0 Å². The number of ether oxygens (including phenoxy) is 3. The summed E-state index contributed by atoms with van der Waals surface area (Å²) in [7, 11) is 0. The molecule has 6 heteroatoms. The Balaban J connectivity index is 4.25. The number of esters is 3. The van der Waals surface area contributed by atoms with Crippen LogP contribution in [0.4, 0.5) is 0 Å². The second-order valence-corrected chi connectivity index (χ2v) is 19.2. The second kappa shape index (κ2) is 52.0. The molecule has 0 aliphatic rings. The quantitative estimate of drug-likeness (QED) is 0.0344. The van der Waals surface area contributed by atoms with Crippen LogP contribution in [0.3, 0.4) is 0 Å². The predicted molar refractivity (Wildman–Crippen MR) is 266 cm³/mol. The van der Waals surface area contributed by atoms with E-state index in [4.69, 9.17) is 14.2 Å². The third-order valence-corrected chi connectivity index (χ3v) is 12.9. The second-order valence-electron chi connectivity index (χ2n) is 19.2. The number of carbonyl (C=O) groups excluding carboxylic acids is 3. The van der Waals surface area contributed by atoms with Crippen molar-refractivity contribution in [1.82, 2.24) is 0 Å². The zero-order valence-corrected chi connectivity index (χ0v) is 42.2. The van der Waals surface area contributed by atoms with Crippen LogP contribution in [0.2, 0.25) is 0 Å². The lowest BCUT2D eigenvalue weighted by Crippen LogP contribution is -2.30. The van der Waals surface area contributed by atoms with Crippen LogP contribution in [0, 0.1) is 0 Å². The lowest BCUT2D eigenvalue weighted by molar-refractivity contribution is -0.167. The molecule has 62 heavy (non-hydrogen) atoms. The van der Waals surface area contributed by atoms with Gasteiger partial charge in [0, 0.05) is 19.3 Å². The van der Waals surface area contributed by atoms with E-state index >= 15 is 0 Å². The maximum Gasteiger partial charge on any atom is 0.306 e. The summed E-state index contributed by atoms with van der Waals surface area (Å²) in [6.45, 7) is 6.70. The molecule has 0 aliphatic carbocycles. The Kier molecular flexibility index (Phi) is 50.7. The molecule has 0 spiro atoms. The maximum absolute atomic E-state index is 12.8. The van der Waals surface area contributed by atoms with Crippen molar-refractivity contribution in [2.45, 2.75) is 329 Å². The van der Waals surface area contributed by atoms with Crippen molar-refractivity contribution in [2.75, 3.05) is 13.2 Å². The van der Waals surface area contributed by atoms with Gasteiger partial charge in [0.05, 0.1) is 0 Å². The molecule has 0 unspecified atom stereocenters. The molecular weight excluding hydrogens is 769 g/mol. The molecule has 1 atom stereocenters.